The number of nitrogens with zero attached hydrogens (tertiary/aromatic N) is 2. The SMILES string of the molecule is CC(Sc1ncnc(N)c1Cl)C(=O)O. The third-order valence-corrected chi connectivity index (χ3v) is 2.99. The standard InChI is InChI=1S/C7H8ClN3O2S/c1-3(7(12)13)14-6-4(8)5(9)10-2-11-6/h2-3H,1H3,(H,12,13)(H2,9,10,11). The molecule has 7 heteroatoms. The Labute approximate surface area is 89.7 Å². The summed E-state index contributed by atoms with van der Waals surface area (Å²) in [4.78, 5) is 18.1. The number of nitrogens with two attached hydrogens (primary N) is 1. The van der Waals surface area contributed by atoms with Crippen LogP contribution in [0.5, 0.6) is 0 Å². The van der Waals surface area contributed by atoms with Gasteiger partial charge < -0.3 is 10.8 Å². The lowest BCUT2D eigenvalue weighted by atomic mass is 10.5. The van der Waals surface area contributed by atoms with E-state index in [4.69, 9.17) is 22.4 Å². The number of carbonyl (C=O) groups is 1. The number of hydrogen-bond donors (Lipinski definition) is 2. The molecule has 76 valence electrons. The Morgan fingerprint density at radius 1 is 1.71 bits per heavy atom. The number of halogens is 1. The van der Waals surface area contributed by atoms with Crippen LogP contribution in [-0.2, 0) is 4.79 Å². The number of hydrogen-bond acceptors (Lipinski definition) is 5. The molecule has 1 aromatic heterocycles. The molecular weight excluding hydrogens is 226 g/mol. The quantitative estimate of drug-likeness (QED) is 0.604. The van der Waals surface area contributed by atoms with E-state index in [1.807, 2.05) is 0 Å². The highest BCUT2D eigenvalue weighted by Gasteiger charge is 2.16. The number of carboxylic acids is 1. The van der Waals surface area contributed by atoms with Crippen LogP contribution in [0.25, 0.3) is 0 Å². The molecule has 0 bridgehead atoms. The van der Waals surface area contributed by atoms with Crippen LogP contribution in [0.15, 0.2) is 11.4 Å². The number of aromatic nitrogens is 2. The molecule has 0 aliphatic rings. The first-order valence-electron chi connectivity index (χ1n) is 3.67. The van der Waals surface area contributed by atoms with Crippen molar-refractivity contribution in [1.29, 1.82) is 0 Å². The molecule has 0 fully saturated rings. The van der Waals surface area contributed by atoms with Gasteiger partial charge in [-0.1, -0.05) is 23.4 Å². The molecule has 0 amide bonds. The van der Waals surface area contributed by atoms with E-state index in [1.54, 1.807) is 6.92 Å². The van der Waals surface area contributed by atoms with Crippen LogP contribution in [0.4, 0.5) is 5.82 Å². The van der Waals surface area contributed by atoms with Crippen LogP contribution < -0.4 is 5.73 Å². The van der Waals surface area contributed by atoms with Crippen molar-refractivity contribution in [2.24, 2.45) is 0 Å². The Hall–Kier alpha value is -1.01. The first kappa shape index (κ1) is 11.1. The van der Waals surface area contributed by atoms with Crippen LogP contribution in [0, 0.1) is 0 Å². The van der Waals surface area contributed by atoms with Crippen LogP contribution in [0.2, 0.25) is 5.02 Å². The fourth-order valence-corrected chi connectivity index (χ4v) is 1.65. The average Bonchev–Trinajstić information content (AvgIpc) is 2.12. The number of aliphatic carboxylic acids is 1. The van der Waals surface area contributed by atoms with Gasteiger partial charge in [-0.25, -0.2) is 9.97 Å². The molecule has 0 saturated heterocycles. The molecule has 0 aliphatic carbocycles. The minimum Gasteiger partial charge on any atom is -0.480 e. The minimum absolute atomic E-state index is 0.154. The molecule has 5 nitrogen and oxygen atoms in total. The van der Waals surface area contributed by atoms with Crippen molar-refractivity contribution in [3.63, 3.8) is 0 Å². The van der Waals surface area contributed by atoms with E-state index in [2.05, 4.69) is 9.97 Å². The predicted molar refractivity (Wildman–Crippen MR) is 54.4 cm³/mol. The summed E-state index contributed by atoms with van der Waals surface area (Å²) in [6.07, 6.45) is 1.25. The molecule has 14 heavy (non-hydrogen) atoms. The Balaban J connectivity index is 2.87. The number of anilines is 1. The van der Waals surface area contributed by atoms with Gasteiger partial charge in [-0.3, -0.25) is 4.79 Å². The van der Waals surface area contributed by atoms with Crippen molar-refractivity contribution in [3.8, 4) is 0 Å². The summed E-state index contributed by atoms with van der Waals surface area (Å²) in [5.41, 5.74) is 5.43. The Kier molecular flexibility index (Phi) is 3.54. The van der Waals surface area contributed by atoms with Gasteiger partial charge in [0.05, 0.1) is 0 Å². The van der Waals surface area contributed by atoms with E-state index in [0.29, 0.717) is 5.03 Å². The molecule has 0 spiro atoms. The van der Waals surface area contributed by atoms with E-state index in [-0.39, 0.29) is 10.8 Å². The third-order valence-electron chi connectivity index (χ3n) is 1.42. The third kappa shape index (κ3) is 2.49. The van der Waals surface area contributed by atoms with Gasteiger partial charge in [-0.2, -0.15) is 0 Å². The zero-order valence-corrected chi connectivity index (χ0v) is 8.84. The molecule has 0 radical (unpaired) electrons. The first-order chi connectivity index (χ1) is 6.52. The Bertz CT molecular complexity index is 361. The second-order valence-electron chi connectivity index (χ2n) is 2.48. The van der Waals surface area contributed by atoms with Gasteiger partial charge in [0.25, 0.3) is 0 Å². The van der Waals surface area contributed by atoms with E-state index in [9.17, 15) is 4.79 Å². The summed E-state index contributed by atoms with van der Waals surface area (Å²) >= 11 is 6.81. The smallest absolute Gasteiger partial charge is 0.316 e. The van der Waals surface area contributed by atoms with Crippen LogP contribution in [0.3, 0.4) is 0 Å². The molecule has 0 aromatic carbocycles. The summed E-state index contributed by atoms with van der Waals surface area (Å²) in [5, 5.41) is 8.62. The van der Waals surface area contributed by atoms with Crippen molar-refractivity contribution >= 4 is 35.1 Å². The molecular formula is C7H8ClN3O2S. The predicted octanol–water partition coefficient (Wildman–Crippen LogP) is 1.28. The molecule has 0 aliphatic heterocycles. The lowest BCUT2D eigenvalue weighted by molar-refractivity contribution is -0.136. The second kappa shape index (κ2) is 4.47. The lowest BCUT2D eigenvalue weighted by Gasteiger charge is -2.06. The maximum Gasteiger partial charge on any atom is 0.316 e. The zero-order chi connectivity index (χ0) is 10.7. The summed E-state index contributed by atoms with van der Waals surface area (Å²) in [6, 6.07) is 0. The minimum atomic E-state index is -0.928. The fraction of sp³-hybridized carbons (Fsp3) is 0.286. The van der Waals surface area contributed by atoms with Crippen LogP contribution in [0.1, 0.15) is 6.92 Å². The summed E-state index contributed by atoms with van der Waals surface area (Å²) in [7, 11) is 0. The lowest BCUT2D eigenvalue weighted by Crippen LogP contribution is -2.11. The van der Waals surface area contributed by atoms with Gasteiger partial charge in [0, 0.05) is 0 Å². The Morgan fingerprint density at radius 2 is 2.36 bits per heavy atom. The van der Waals surface area contributed by atoms with Gasteiger partial charge >= 0.3 is 5.97 Å². The topological polar surface area (TPSA) is 89.1 Å². The molecule has 1 heterocycles. The number of rotatable bonds is 3. The monoisotopic (exact) mass is 233 g/mol. The maximum atomic E-state index is 10.6. The molecule has 1 aromatic rings. The highest BCUT2D eigenvalue weighted by molar-refractivity contribution is 8.00. The van der Waals surface area contributed by atoms with E-state index >= 15 is 0 Å². The number of thioether (sulfide) groups is 1. The summed E-state index contributed by atoms with van der Waals surface area (Å²) in [5.74, 6) is -0.773. The van der Waals surface area contributed by atoms with Gasteiger partial charge in [0.2, 0.25) is 0 Å². The Morgan fingerprint density at radius 3 is 2.93 bits per heavy atom. The molecule has 1 atom stereocenters. The van der Waals surface area contributed by atoms with Crippen molar-refractivity contribution < 1.29 is 9.90 Å². The summed E-state index contributed by atoms with van der Waals surface area (Å²) in [6.45, 7) is 1.54. The van der Waals surface area contributed by atoms with Crippen molar-refractivity contribution in [2.45, 2.75) is 17.2 Å². The summed E-state index contributed by atoms with van der Waals surface area (Å²) < 4.78 is 0. The maximum absolute atomic E-state index is 10.6. The van der Waals surface area contributed by atoms with Gasteiger partial charge in [-0.05, 0) is 6.92 Å². The van der Waals surface area contributed by atoms with Crippen LogP contribution in [-0.4, -0.2) is 26.3 Å². The van der Waals surface area contributed by atoms with Crippen LogP contribution >= 0.6 is 23.4 Å². The molecule has 1 unspecified atom stereocenters. The van der Waals surface area contributed by atoms with Crippen molar-refractivity contribution in [1.82, 2.24) is 9.97 Å². The van der Waals surface area contributed by atoms with E-state index in [1.165, 1.54) is 6.33 Å². The van der Waals surface area contributed by atoms with Crippen molar-refractivity contribution in [3.05, 3.63) is 11.3 Å². The number of carboxylic acid groups (broad SMARTS) is 1. The van der Waals surface area contributed by atoms with Gasteiger partial charge in [0.1, 0.15) is 27.4 Å². The number of nitrogen functional groups attached to an aromatic ring is 1. The van der Waals surface area contributed by atoms with E-state index in [0.717, 1.165) is 11.8 Å². The fourth-order valence-electron chi connectivity index (χ4n) is 0.666. The normalized spacial score (nSPS) is 12.4. The van der Waals surface area contributed by atoms with Gasteiger partial charge in [-0.15, -0.1) is 0 Å². The largest absolute Gasteiger partial charge is 0.480 e. The molecule has 1 rings (SSSR count). The van der Waals surface area contributed by atoms with E-state index < -0.39 is 11.2 Å². The van der Waals surface area contributed by atoms with Gasteiger partial charge in [0.15, 0.2) is 0 Å². The molecule has 3 N–H and O–H groups in total. The molecule has 0 saturated carbocycles. The average molecular weight is 234 g/mol. The first-order valence-corrected chi connectivity index (χ1v) is 4.93. The zero-order valence-electron chi connectivity index (χ0n) is 7.27. The van der Waals surface area contributed by atoms with Crippen molar-refractivity contribution in [2.75, 3.05) is 5.73 Å². The highest BCUT2D eigenvalue weighted by atomic mass is 35.5. The second-order valence-corrected chi connectivity index (χ2v) is 4.18. The highest BCUT2D eigenvalue weighted by Crippen LogP contribution is 2.30.